The van der Waals surface area contributed by atoms with Crippen LogP contribution in [0.3, 0.4) is 0 Å². The van der Waals surface area contributed by atoms with Crippen molar-refractivity contribution >= 4 is 35.1 Å². The van der Waals surface area contributed by atoms with Crippen molar-refractivity contribution in [2.45, 2.75) is 61.6 Å². The van der Waals surface area contributed by atoms with Crippen LogP contribution < -0.4 is 5.32 Å². The fraction of sp³-hybridized carbons (Fsp3) is 0.625. The number of H-pyrrole nitrogens is 1. The van der Waals surface area contributed by atoms with Crippen LogP contribution in [0.5, 0.6) is 0 Å². The van der Waals surface area contributed by atoms with Gasteiger partial charge in [0, 0.05) is 21.9 Å². The van der Waals surface area contributed by atoms with Crippen molar-refractivity contribution in [3.05, 3.63) is 23.0 Å². The van der Waals surface area contributed by atoms with Crippen LogP contribution in [0.2, 0.25) is 0 Å². The van der Waals surface area contributed by atoms with E-state index in [1.807, 2.05) is 19.2 Å². The molecule has 148 valence electrons. The summed E-state index contributed by atoms with van der Waals surface area (Å²) in [6, 6.07) is -1.29. The Kier molecular flexibility index (Phi) is 3.69. The average molecular weight is 421 g/mol. The van der Waals surface area contributed by atoms with Gasteiger partial charge in [-0.15, -0.1) is 22.0 Å². The molecule has 3 unspecified atom stereocenters. The molecule has 0 aromatic carbocycles. The van der Waals surface area contributed by atoms with Crippen molar-refractivity contribution in [2.24, 2.45) is 0 Å². The van der Waals surface area contributed by atoms with Crippen LogP contribution in [-0.4, -0.2) is 68.4 Å². The molecular weight excluding hydrogens is 400 g/mol. The molecule has 5 rings (SSSR count). The quantitative estimate of drug-likeness (QED) is 0.695. The first kappa shape index (κ1) is 18.0. The second-order valence-electron chi connectivity index (χ2n) is 8.28. The molecule has 0 aliphatic carbocycles. The van der Waals surface area contributed by atoms with Crippen LogP contribution in [-0.2, 0) is 9.59 Å². The zero-order valence-electron chi connectivity index (χ0n) is 15.8. The van der Waals surface area contributed by atoms with Crippen LogP contribution in [0, 0.1) is 0 Å². The van der Waals surface area contributed by atoms with E-state index in [1.54, 1.807) is 27.8 Å². The van der Waals surface area contributed by atoms with E-state index < -0.39 is 17.7 Å². The Morgan fingerprint density at radius 2 is 1.96 bits per heavy atom. The van der Waals surface area contributed by atoms with Crippen LogP contribution in [0.4, 0.5) is 0 Å². The highest BCUT2D eigenvalue weighted by molar-refractivity contribution is 8.01. The number of carbonyl (C=O) groups excluding carboxylic acids is 2. The Hall–Kier alpha value is -2.05. The number of aromatic amines is 1. The maximum absolute atomic E-state index is 13.3. The summed E-state index contributed by atoms with van der Waals surface area (Å²) >= 11 is 2.99. The maximum atomic E-state index is 13.3. The zero-order chi connectivity index (χ0) is 19.8. The van der Waals surface area contributed by atoms with Gasteiger partial charge in [-0.2, -0.15) is 5.21 Å². The summed E-state index contributed by atoms with van der Waals surface area (Å²) in [4.78, 5) is 30.0. The Balaban J connectivity index is 1.47. The largest absolute Gasteiger partial charge is 0.314 e. The number of thioether (sulfide) groups is 1. The third-order valence-electron chi connectivity index (χ3n) is 5.67. The molecular formula is C16H20N8O2S2. The Bertz CT molecular complexity index is 929. The summed E-state index contributed by atoms with van der Waals surface area (Å²) in [6.07, 6.45) is 1.70. The van der Waals surface area contributed by atoms with E-state index in [4.69, 9.17) is 0 Å². The Labute approximate surface area is 169 Å². The lowest BCUT2D eigenvalue weighted by Crippen LogP contribution is -2.71. The second kappa shape index (κ2) is 5.74. The number of nitrogens with one attached hydrogen (secondary N) is 2. The number of hydrogen-bond donors (Lipinski definition) is 2. The molecule has 4 atom stereocenters. The van der Waals surface area contributed by atoms with Crippen molar-refractivity contribution in [1.29, 1.82) is 0 Å². The number of β-lactam (4-membered cyclic amide) rings is 1. The van der Waals surface area contributed by atoms with E-state index in [-0.39, 0.29) is 28.0 Å². The molecule has 2 amide bonds. The summed E-state index contributed by atoms with van der Waals surface area (Å²) in [6.45, 7) is 8.00. The average Bonchev–Trinajstić information content (AvgIpc) is 3.38. The van der Waals surface area contributed by atoms with E-state index >= 15 is 0 Å². The molecule has 3 fully saturated rings. The predicted molar refractivity (Wildman–Crippen MR) is 102 cm³/mol. The van der Waals surface area contributed by atoms with Crippen molar-refractivity contribution < 1.29 is 9.59 Å². The van der Waals surface area contributed by atoms with Gasteiger partial charge in [-0.1, -0.05) is 5.21 Å². The van der Waals surface area contributed by atoms with Crippen molar-refractivity contribution in [3.63, 3.8) is 0 Å². The molecule has 3 saturated heterocycles. The summed E-state index contributed by atoms with van der Waals surface area (Å²) in [5, 5.41) is 19.4. The van der Waals surface area contributed by atoms with E-state index in [0.29, 0.717) is 5.82 Å². The molecule has 0 radical (unpaired) electrons. The van der Waals surface area contributed by atoms with Crippen molar-refractivity contribution in [3.8, 4) is 0 Å². The number of nitrogens with zero attached hydrogens (tertiary/aromatic N) is 6. The van der Waals surface area contributed by atoms with Gasteiger partial charge in [-0.05, 0) is 39.2 Å². The summed E-state index contributed by atoms with van der Waals surface area (Å²) in [5.41, 5.74) is 0.184. The molecule has 3 aliphatic rings. The van der Waals surface area contributed by atoms with E-state index in [2.05, 4.69) is 44.2 Å². The van der Waals surface area contributed by atoms with Crippen molar-refractivity contribution in [1.82, 2.24) is 40.1 Å². The van der Waals surface area contributed by atoms with Gasteiger partial charge in [-0.25, -0.2) is 4.37 Å². The Morgan fingerprint density at radius 1 is 1.18 bits per heavy atom. The maximum Gasteiger partial charge on any atom is 0.250 e. The third kappa shape index (κ3) is 2.31. The van der Waals surface area contributed by atoms with Gasteiger partial charge in [0.15, 0.2) is 5.82 Å². The lowest BCUT2D eigenvalue weighted by atomic mass is 9.93. The van der Waals surface area contributed by atoms with E-state index in [0.717, 1.165) is 5.56 Å². The number of fused-ring (bicyclic) bond motifs is 1. The number of tetrazole rings is 1. The minimum atomic E-state index is -0.648. The minimum absolute atomic E-state index is 0.0785. The van der Waals surface area contributed by atoms with E-state index in [1.165, 1.54) is 11.5 Å². The van der Waals surface area contributed by atoms with E-state index in [9.17, 15) is 9.59 Å². The van der Waals surface area contributed by atoms with Crippen LogP contribution >= 0.6 is 23.3 Å². The third-order valence-corrected chi connectivity index (χ3v) is 7.83. The molecule has 10 nitrogen and oxygen atoms in total. The first-order valence-electron chi connectivity index (χ1n) is 8.96. The molecule has 12 heteroatoms. The van der Waals surface area contributed by atoms with Gasteiger partial charge in [0.25, 0.3) is 0 Å². The predicted octanol–water partition coefficient (Wildman–Crippen LogP) is 0.669. The lowest BCUT2D eigenvalue weighted by Gasteiger charge is -2.50. The topological polar surface area (TPSA) is 120 Å². The number of hydrogen-bond acceptors (Lipinski definition) is 9. The summed E-state index contributed by atoms with van der Waals surface area (Å²) in [5.74, 6) is 0.328. The normalized spacial score (nSPS) is 33.3. The zero-order valence-corrected chi connectivity index (χ0v) is 17.4. The molecule has 0 saturated carbocycles. The van der Waals surface area contributed by atoms with Crippen LogP contribution in [0.1, 0.15) is 51.2 Å². The second-order valence-corrected chi connectivity index (χ2v) is 10.7. The SMILES string of the molecule is CC1(C)S[C@@H]2C(N3C(=O)C(c4cnsc4)NC3(C)C)C(=O)N2C1c1nn[nH]n1. The molecule has 2 N–H and O–H groups in total. The number of rotatable bonds is 3. The molecule has 2 aromatic heterocycles. The molecule has 3 aliphatic heterocycles. The van der Waals surface area contributed by atoms with Gasteiger partial charge in [0.1, 0.15) is 23.5 Å². The fourth-order valence-corrected chi connectivity index (χ4v) is 6.74. The summed E-state index contributed by atoms with van der Waals surface area (Å²) in [7, 11) is 0. The van der Waals surface area contributed by atoms with Crippen LogP contribution in [0.25, 0.3) is 0 Å². The minimum Gasteiger partial charge on any atom is -0.314 e. The molecule has 5 heterocycles. The number of carbonyl (C=O) groups is 2. The van der Waals surface area contributed by atoms with Crippen molar-refractivity contribution in [2.75, 3.05) is 0 Å². The lowest BCUT2D eigenvalue weighted by molar-refractivity contribution is -0.165. The van der Waals surface area contributed by atoms with Crippen LogP contribution in [0.15, 0.2) is 11.6 Å². The van der Waals surface area contributed by atoms with Gasteiger partial charge in [-0.3, -0.25) is 14.9 Å². The molecule has 28 heavy (non-hydrogen) atoms. The van der Waals surface area contributed by atoms with Gasteiger partial charge >= 0.3 is 0 Å². The molecule has 0 spiro atoms. The molecule has 0 bridgehead atoms. The standard InChI is InChI=1S/C16H20N8O2S2/c1-15(2)10(11-19-21-22-20-11)23-13(26)9(14(23)28-15)24-12(25)8(18-16(24,3)4)7-5-17-27-6-7/h5-6,8-10,14,18H,1-4H3,(H,19,20,21,22)/t8?,9?,10?,14-/m1/s1. The highest BCUT2D eigenvalue weighted by Crippen LogP contribution is 2.58. The van der Waals surface area contributed by atoms with Gasteiger partial charge in [0.2, 0.25) is 11.8 Å². The first-order chi connectivity index (χ1) is 13.2. The number of amides is 2. The fourth-order valence-electron chi connectivity index (χ4n) is 4.50. The smallest absolute Gasteiger partial charge is 0.250 e. The highest BCUT2D eigenvalue weighted by Gasteiger charge is 2.67. The monoisotopic (exact) mass is 420 g/mol. The number of aromatic nitrogens is 5. The first-order valence-corrected chi connectivity index (χ1v) is 10.7. The highest BCUT2D eigenvalue weighted by atomic mass is 32.2. The van der Waals surface area contributed by atoms with Gasteiger partial charge < -0.3 is 9.80 Å². The Morgan fingerprint density at radius 3 is 2.61 bits per heavy atom. The van der Waals surface area contributed by atoms with Gasteiger partial charge in [0.05, 0.1) is 5.66 Å². The summed E-state index contributed by atoms with van der Waals surface area (Å²) < 4.78 is 3.81. The molecule has 2 aromatic rings.